The van der Waals surface area contributed by atoms with Crippen LogP contribution in [0.2, 0.25) is 0 Å². The monoisotopic (exact) mass is 244 g/mol. The van der Waals surface area contributed by atoms with Crippen LogP contribution in [0.1, 0.15) is 18.1 Å². The Kier molecular flexibility index (Phi) is 3.99. The largest absolute Gasteiger partial charge is 0.341 e. The Morgan fingerprint density at radius 1 is 1.33 bits per heavy atom. The van der Waals surface area contributed by atoms with Gasteiger partial charge >= 0.3 is 0 Å². The molecule has 0 radical (unpaired) electrons. The number of benzene rings is 1. The molecule has 0 bridgehead atoms. The number of aromatic nitrogens is 2. The summed E-state index contributed by atoms with van der Waals surface area (Å²) in [6.45, 7) is 4.47. The maximum atomic E-state index is 5.66. The molecule has 1 heterocycles. The van der Waals surface area contributed by atoms with E-state index in [9.17, 15) is 0 Å². The van der Waals surface area contributed by atoms with Gasteiger partial charge in [0, 0.05) is 39.1 Å². The van der Waals surface area contributed by atoms with Crippen molar-refractivity contribution in [3.63, 3.8) is 0 Å². The molecule has 0 aliphatic rings. The van der Waals surface area contributed by atoms with E-state index < -0.39 is 0 Å². The number of imidazole rings is 1. The lowest BCUT2D eigenvalue weighted by atomic mass is 10.1. The molecule has 1 aromatic carbocycles. The van der Waals surface area contributed by atoms with Gasteiger partial charge in [-0.1, -0.05) is 24.3 Å². The van der Waals surface area contributed by atoms with E-state index >= 15 is 0 Å². The SMILES string of the molecule is CCn1ccnc1N(C)Cc1cccc(CN)c1. The van der Waals surface area contributed by atoms with Crippen molar-refractivity contribution in [2.75, 3.05) is 11.9 Å². The number of nitrogens with zero attached hydrogens (tertiary/aromatic N) is 3. The van der Waals surface area contributed by atoms with Gasteiger partial charge in [-0.3, -0.25) is 0 Å². The smallest absolute Gasteiger partial charge is 0.205 e. The minimum atomic E-state index is 0.584. The van der Waals surface area contributed by atoms with E-state index in [4.69, 9.17) is 5.73 Å². The van der Waals surface area contributed by atoms with Gasteiger partial charge in [0.1, 0.15) is 0 Å². The van der Waals surface area contributed by atoms with Crippen molar-refractivity contribution in [1.82, 2.24) is 9.55 Å². The highest BCUT2D eigenvalue weighted by Crippen LogP contribution is 2.14. The summed E-state index contributed by atoms with van der Waals surface area (Å²) in [6, 6.07) is 8.37. The van der Waals surface area contributed by atoms with Crippen LogP contribution in [0.25, 0.3) is 0 Å². The molecule has 2 aromatic rings. The second kappa shape index (κ2) is 5.69. The number of hydrogen-bond donors (Lipinski definition) is 1. The maximum Gasteiger partial charge on any atom is 0.205 e. The molecule has 0 amide bonds. The Hall–Kier alpha value is -1.81. The van der Waals surface area contributed by atoms with Crippen LogP contribution in [0, 0.1) is 0 Å². The van der Waals surface area contributed by atoms with Gasteiger partial charge in [-0.2, -0.15) is 0 Å². The fourth-order valence-corrected chi connectivity index (χ4v) is 2.09. The summed E-state index contributed by atoms with van der Waals surface area (Å²) in [6.07, 6.45) is 3.84. The molecule has 96 valence electrons. The number of nitrogens with two attached hydrogens (primary N) is 1. The first-order valence-corrected chi connectivity index (χ1v) is 6.24. The molecule has 2 N–H and O–H groups in total. The Balaban J connectivity index is 2.13. The molecular weight excluding hydrogens is 224 g/mol. The third-order valence-electron chi connectivity index (χ3n) is 3.02. The molecule has 0 atom stereocenters. The first-order valence-electron chi connectivity index (χ1n) is 6.24. The summed E-state index contributed by atoms with van der Waals surface area (Å²) in [5, 5.41) is 0. The van der Waals surface area contributed by atoms with Crippen LogP contribution in [0.5, 0.6) is 0 Å². The topological polar surface area (TPSA) is 47.1 Å². The lowest BCUT2D eigenvalue weighted by molar-refractivity contribution is 0.724. The quantitative estimate of drug-likeness (QED) is 0.875. The van der Waals surface area contributed by atoms with E-state index in [2.05, 4.69) is 52.7 Å². The zero-order valence-corrected chi connectivity index (χ0v) is 11.0. The normalized spacial score (nSPS) is 10.6. The number of rotatable bonds is 5. The summed E-state index contributed by atoms with van der Waals surface area (Å²) in [5.41, 5.74) is 8.08. The van der Waals surface area contributed by atoms with Crippen LogP contribution >= 0.6 is 0 Å². The van der Waals surface area contributed by atoms with E-state index in [0.29, 0.717) is 6.54 Å². The second-order valence-corrected chi connectivity index (χ2v) is 4.39. The third-order valence-corrected chi connectivity index (χ3v) is 3.02. The lowest BCUT2D eigenvalue weighted by Crippen LogP contribution is -2.20. The Labute approximate surface area is 108 Å². The predicted octanol–water partition coefficient (Wildman–Crippen LogP) is 2.00. The van der Waals surface area contributed by atoms with E-state index in [0.717, 1.165) is 19.0 Å². The summed E-state index contributed by atoms with van der Waals surface area (Å²) >= 11 is 0. The third kappa shape index (κ3) is 2.71. The van der Waals surface area contributed by atoms with Crippen LogP contribution in [0.15, 0.2) is 36.7 Å². The van der Waals surface area contributed by atoms with Crippen molar-refractivity contribution in [3.8, 4) is 0 Å². The van der Waals surface area contributed by atoms with Gasteiger partial charge < -0.3 is 15.2 Å². The first kappa shape index (κ1) is 12.6. The number of aryl methyl sites for hydroxylation is 1. The van der Waals surface area contributed by atoms with Gasteiger partial charge in [0.2, 0.25) is 5.95 Å². The number of anilines is 1. The molecule has 0 aliphatic carbocycles. The highest BCUT2D eigenvalue weighted by atomic mass is 15.3. The molecule has 0 unspecified atom stereocenters. The van der Waals surface area contributed by atoms with Gasteiger partial charge in [0.25, 0.3) is 0 Å². The molecular formula is C14H20N4. The van der Waals surface area contributed by atoms with E-state index in [1.165, 1.54) is 11.1 Å². The lowest BCUT2D eigenvalue weighted by Gasteiger charge is -2.19. The minimum Gasteiger partial charge on any atom is -0.341 e. The fraction of sp³-hybridized carbons (Fsp3) is 0.357. The van der Waals surface area contributed by atoms with Crippen molar-refractivity contribution in [2.24, 2.45) is 5.73 Å². The van der Waals surface area contributed by atoms with E-state index in [1.807, 2.05) is 12.4 Å². The number of hydrogen-bond acceptors (Lipinski definition) is 3. The van der Waals surface area contributed by atoms with Crippen molar-refractivity contribution in [3.05, 3.63) is 47.8 Å². The zero-order chi connectivity index (χ0) is 13.0. The zero-order valence-electron chi connectivity index (χ0n) is 11.0. The molecule has 0 spiro atoms. The van der Waals surface area contributed by atoms with Gasteiger partial charge in [-0.25, -0.2) is 4.98 Å². The van der Waals surface area contributed by atoms with E-state index in [-0.39, 0.29) is 0 Å². The highest BCUT2D eigenvalue weighted by molar-refractivity contribution is 5.33. The molecule has 0 saturated heterocycles. The maximum absolute atomic E-state index is 5.66. The average Bonchev–Trinajstić information content (AvgIpc) is 2.87. The molecule has 0 aliphatic heterocycles. The molecule has 1 aromatic heterocycles. The van der Waals surface area contributed by atoms with Crippen molar-refractivity contribution >= 4 is 5.95 Å². The summed E-state index contributed by atoms with van der Waals surface area (Å²) in [7, 11) is 2.06. The van der Waals surface area contributed by atoms with Crippen molar-refractivity contribution < 1.29 is 0 Å². The van der Waals surface area contributed by atoms with Crippen LogP contribution in [0.4, 0.5) is 5.95 Å². The molecule has 4 nitrogen and oxygen atoms in total. The van der Waals surface area contributed by atoms with Crippen LogP contribution in [-0.4, -0.2) is 16.6 Å². The predicted molar refractivity (Wildman–Crippen MR) is 74.3 cm³/mol. The first-order chi connectivity index (χ1) is 8.74. The molecule has 0 fully saturated rings. The van der Waals surface area contributed by atoms with Crippen molar-refractivity contribution in [1.29, 1.82) is 0 Å². The average molecular weight is 244 g/mol. The Bertz CT molecular complexity index is 504. The molecule has 2 rings (SSSR count). The van der Waals surface area contributed by atoms with Gasteiger partial charge in [0.15, 0.2) is 0 Å². The molecule has 0 saturated carbocycles. The van der Waals surface area contributed by atoms with Crippen LogP contribution in [0.3, 0.4) is 0 Å². The summed E-state index contributed by atoms with van der Waals surface area (Å²) in [4.78, 5) is 6.54. The summed E-state index contributed by atoms with van der Waals surface area (Å²) < 4.78 is 2.13. The highest BCUT2D eigenvalue weighted by Gasteiger charge is 2.07. The van der Waals surface area contributed by atoms with Gasteiger partial charge in [-0.15, -0.1) is 0 Å². The molecule has 18 heavy (non-hydrogen) atoms. The van der Waals surface area contributed by atoms with Crippen LogP contribution in [-0.2, 0) is 19.6 Å². The Morgan fingerprint density at radius 3 is 2.83 bits per heavy atom. The van der Waals surface area contributed by atoms with Gasteiger partial charge in [0.05, 0.1) is 0 Å². The standard InChI is InChI=1S/C14H20N4/c1-3-18-8-7-16-14(18)17(2)11-13-6-4-5-12(9-13)10-15/h4-9H,3,10-11,15H2,1-2H3. The fourth-order valence-electron chi connectivity index (χ4n) is 2.09. The van der Waals surface area contributed by atoms with Gasteiger partial charge in [-0.05, 0) is 18.1 Å². The second-order valence-electron chi connectivity index (χ2n) is 4.39. The Morgan fingerprint density at radius 2 is 2.11 bits per heavy atom. The van der Waals surface area contributed by atoms with E-state index in [1.54, 1.807) is 0 Å². The summed E-state index contributed by atoms with van der Waals surface area (Å²) in [5.74, 6) is 0.996. The minimum absolute atomic E-state index is 0.584. The van der Waals surface area contributed by atoms with Crippen molar-refractivity contribution in [2.45, 2.75) is 26.6 Å². The van der Waals surface area contributed by atoms with Crippen LogP contribution < -0.4 is 10.6 Å². The molecule has 4 heteroatoms.